The Morgan fingerprint density at radius 1 is 1.46 bits per heavy atom. The summed E-state index contributed by atoms with van der Waals surface area (Å²) in [6, 6.07) is 0. The van der Waals surface area contributed by atoms with Gasteiger partial charge in [-0.2, -0.15) is 0 Å². The maximum atomic E-state index is 6.41. The molecular weight excluding hydrogens is 162 g/mol. The second-order valence-electron chi connectivity index (χ2n) is 4.76. The normalized spacial score (nSPS) is 42.9. The summed E-state index contributed by atoms with van der Waals surface area (Å²) in [4.78, 5) is 0. The fourth-order valence-electron chi connectivity index (χ4n) is 3.20. The first kappa shape index (κ1) is 9.47. The lowest BCUT2D eigenvalue weighted by molar-refractivity contribution is 0.110. The minimum absolute atomic E-state index is 0.137. The molecule has 0 radical (unpaired) electrons. The molecule has 2 nitrogen and oxygen atoms in total. The predicted octanol–water partition coefficient (Wildman–Crippen LogP) is 1.93. The zero-order valence-corrected chi connectivity index (χ0v) is 8.59. The van der Waals surface area contributed by atoms with E-state index in [9.17, 15) is 0 Å². The number of fused-ring (bicyclic) bond motifs is 2. The molecule has 0 aromatic carbocycles. The van der Waals surface area contributed by atoms with Gasteiger partial charge in [-0.1, -0.05) is 6.42 Å². The van der Waals surface area contributed by atoms with Crippen LogP contribution in [-0.2, 0) is 4.74 Å². The number of rotatable bonds is 4. The Labute approximate surface area is 80.8 Å². The summed E-state index contributed by atoms with van der Waals surface area (Å²) in [6.45, 7) is 3.73. The molecule has 0 amide bonds. The van der Waals surface area contributed by atoms with Crippen molar-refractivity contribution in [2.45, 2.75) is 44.6 Å². The molecule has 2 saturated carbocycles. The summed E-state index contributed by atoms with van der Waals surface area (Å²) in [7, 11) is 0. The maximum absolute atomic E-state index is 6.41. The molecule has 13 heavy (non-hydrogen) atoms. The second-order valence-corrected chi connectivity index (χ2v) is 4.76. The molecule has 2 heteroatoms. The largest absolute Gasteiger partial charge is 0.382 e. The summed E-state index contributed by atoms with van der Waals surface area (Å²) < 4.78 is 5.39. The van der Waals surface area contributed by atoms with Crippen LogP contribution < -0.4 is 5.73 Å². The van der Waals surface area contributed by atoms with Crippen LogP contribution in [0.15, 0.2) is 0 Å². The molecule has 2 rings (SSSR count). The molecule has 0 aliphatic heterocycles. The van der Waals surface area contributed by atoms with Crippen LogP contribution in [0.2, 0.25) is 0 Å². The molecule has 2 bridgehead atoms. The molecule has 2 N–H and O–H groups in total. The van der Waals surface area contributed by atoms with Gasteiger partial charge in [-0.15, -0.1) is 0 Å². The van der Waals surface area contributed by atoms with Crippen molar-refractivity contribution in [2.24, 2.45) is 17.6 Å². The molecule has 76 valence electrons. The highest BCUT2D eigenvalue weighted by atomic mass is 16.5. The number of hydrogen-bond acceptors (Lipinski definition) is 2. The van der Waals surface area contributed by atoms with E-state index in [4.69, 9.17) is 10.5 Å². The second kappa shape index (κ2) is 3.58. The van der Waals surface area contributed by atoms with E-state index in [1.54, 1.807) is 0 Å². The molecule has 0 saturated heterocycles. The van der Waals surface area contributed by atoms with E-state index in [-0.39, 0.29) is 5.54 Å². The highest BCUT2D eigenvalue weighted by molar-refractivity contribution is 5.04. The van der Waals surface area contributed by atoms with E-state index in [0.717, 1.165) is 31.5 Å². The third-order valence-electron chi connectivity index (χ3n) is 3.94. The third kappa shape index (κ3) is 1.75. The van der Waals surface area contributed by atoms with Gasteiger partial charge in [-0.25, -0.2) is 0 Å². The Hall–Kier alpha value is -0.0800. The third-order valence-corrected chi connectivity index (χ3v) is 3.94. The number of ether oxygens (including phenoxy) is 1. The van der Waals surface area contributed by atoms with E-state index < -0.39 is 0 Å². The van der Waals surface area contributed by atoms with Gasteiger partial charge >= 0.3 is 0 Å². The van der Waals surface area contributed by atoms with Crippen molar-refractivity contribution in [1.29, 1.82) is 0 Å². The van der Waals surface area contributed by atoms with Crippen molar-refractivity contribution in [1.82, 2.24) is 0 Å². The van der Waals surface area contributed by atoms with Gasteiger partial charge in [0.25, 0.3) is 0 Å². The minimum Gasteiger partial charge on any atom is -0.382 e. The monoisotopic (exact) mass is 183 g/mol. The van der Waals surface area contributed by atoms with Gasteiger partial charge in [0.1, 0.15) is 0 Å². The molecule has 3 atom stereocenters. The Bertz CT molecular complexity index is 183. The van der Waals surface area contributed by atoms with Crippen molar-refractivity contribution < 1.29 is 4.74 Å². The molecule has 0 aromatic rings. The molecule has 0 spiro atoms. The fourth-order valence-corrected chi connectivity index (χ4v) is 3.20. The molecular formula is C11H21NO. The van der Waals surface area contributed by atoms with Gasteiger partial charge in [-0.05, 0) is 44.4 Å². The van der Waals surface area contributed by atoms with Gasteiger partial charge in [0.15, 0.2) is 0 Å². The van der Waals surface area contributed by atoms with E-state index in [2.05, 4.69) is 0 Å². The Morgan fingerprint density at radius 3 is 2.85 bits per heavy atom. The number of nitrogens with two attached hydrogens (primary N) is 1. The molecule has 2 fully saturated rings. The lowest BCUT2D eigenvalue weighted by atomic mass is 9.80. The van der Waals surface area contributed by atoms with Crippen molar-refractivity contribution >= 4 is 0 Å². The molecule has 3 unspecified atom stereocenters. The standard InChI is InChI=1S/C11H21NO/c1-2-13-6-5-11(12)8-9-3-4-10(11)7-9/h9-10H,2-8,12H2,1H3. The van der Waals surface area contributed by atoms with Crippen molar-refractivity contribution in [3.63, 3.8) is 0 Å². The van der Waals surface area contributed by atoms with Crippen LogP contribution in [0.25, 0.3) is 0 Å². The van der Waals surface area contributed by atoms with Crippen molar-refractivity contribution in [2.75, 3.05) is 13.2 Å². The maximum Gasteiger partial charge on any atom is 0.0483 e. The smallest absolute Gasteiger partial charge is 0.0483 e. The summed E-state index contributed by atoms with van der Waals surface area (Å²) in [5.74, 6) is 1.74. The molecule has 0 aromatic heterocycles. The first-order valence-electron chi connectivity index (χ1n) is 5.61. The molecule has 2 aliphatic carbocycles. The van der Waals surface area contributed by atoms with Gasteiger partial charge < -0.3 is 10.5 Å². The van der Waals surface area contributed by atoms with Crippen LogP contribution in [0.1, 0.15) is 39.0 Å². The van der Waals surface area contributed by atoms with Crippen molar-refractivity contribution in [3.8, 4) is 0 Å². The van der Waals surface area contributed by atoms with Gasteiger partial charge in [-0.3, -0.25) is 0 Å². The minimum atomic E-state index is 0.137. The van der Waals surface area contributed by atoms with Crippen LogP contribution in [0, 0.1) is 11.8 Å². The van der Waals surface area contributed by atoms with Gasteiger partial charge in [0.05, 0.1) is 0 Å². The van der Waals surface area contributed by atoms with Crippen LogP contribution in [0.5, 0.6) is 0 Å². The van der Waals surface area contributed by atoms with E-state index >= 15 is 0 Å². The molecule has 2 aliphatic rings. The average Bonchev–Trinajstić information content (AvgIpc) is 2.64. The van der Waals surface area contributed by atoms with E-state index in [0.29, 0.717) is 0 Å². The van der Waals surface area contributed by atoms with Crippen molar-refractivity contribution in [3.05, 3.63) is 0 Å². The summed E-state index contributed by atoms with van der Waals surface area (Å²) in [6.07, 6.45) is 6.51. The number of hydrogen-bond donors (Lipinski definition) is 1. The van der Waals surface area contributed by atoms with Gasteiger partial charge in [0.2, 0.25) is 0 Å². The van der Waals surface area contributed by atoms with Crippen LogP contribution in [-0.4, -0.2) is 18.8 Å². The first-order chi connectivity index (χ1) is 6.24. The lowest BCUT2D eigenvalue weighted by Crippen LogP contribution is -2.45. The van der Waals surface area contributed by atoms with Gasteiger partial charge in [0, 0.05) is 18.8 Å². The summed E-state index contributed by atoms with van der Waals surface area (Å²) >= 11 is 0. The topological polar surface area (TPSA) is 35.2 Å². The molecule has 0 heterocycles. The van der Waals surface area contributed by atoms with Crippen LogP contribution >= 0.6 is 0 Å². The van der Waals surface area contributed by atoms with E-state index in [1.165, 1.54) is 25.7 Å². The predicted molar refractivity (Wildman–Crippen MR) is 53.5 cm³/mol. The average molecular weight is 183 g/mol. The highest BCUT2D eigenvalue weighted by Gasteiger charge is 2.47. The zero-order chi connectivity index (χ0) is 9.31. The summed E-state index contributed by atoms with van der Waals surface area (Å²) in [5, 5.41) is 0. The SMILES string of the molecule is CCOCCC1(N)CC2CCC1C2. The quantitative estimate of drug-likeness (QED) is 0.676. The van der Waals surface area contributed by atoms with E-state index in [1.807, 2.05) is 6.92 Å². The Balaban J connectivity index is 1.83. The Morgan fingerprint density at radius 2 is 2.31 bits per heavy atom. The fraction of sp³-hybridized carbons (Fsp3) is 1.00. The Kier molecular flexibility index (Phi) is 2.61. The highest BCUT2D eigenvalue weighted by Crippen LogP contribution is 2.50. The lowest BCUT2D eigenvalue weighted by Gasteiger charge is -2.33. The van der Waals surface area contributed by atoms with Crippen LogP contribution in [0.3, 0.4) is 0 Å². The zero-order valence-electron chi connectivity index (χ0n) is 8.59. The first-order valence-corrected chi connectivity index (χ1v) is 5.61. The summed E-state index contributed by atoms with van der Waals surface area (Å²) in [5.41, 5.74) is 6.54. The van der Waals surface area contributed by atoms with Crippen LogP contribution in [0.4, 0.5) is 0 Å².